The summed E-state index contributed by atoms with van der Waals surface area (Å²) in [7, 11) is 0. The normalized spacial score (nSPS) is 15.4. The van der Waals surface area contributed by atoms with Crippen LogP contribution in [0.4, 0.5) is 10.2 Å². The van der Waals surface area contributed by atoms with Crippen LogP contribution in [0.2, 0.25) is 0 Å². The molecule has 8 heteroatoms. The standard InChI is InChI=1S/C20H17FN6O/c1-12-16(3-2-6-22-12)17-10-24-19(20-26-25-11-27(17)20)23-9-15-8-13-7-14(21)4-5-18(13)28-15/h2-7,10-11,15H,8-9H2,1H3,(H,23,24). The van der Waals surface area contributed by atoms with E-state index in [2.05, 4.69) is 25.5 Å². The van der Waals surface area contributed by atoms with Crippen molar-refractivity contribution >= 4 is 11.5 Å². The minimum atomic E-state index is -0.246. The Hall–Kier alpha value is -3.55. The van der Waals surface area contributed by atoms with E-state index in [9.17, 15) is 4.39 Å². The first-order valence-electron chi connectivity index (χ1n) is 8.99. The highest BCUT2D eigenvalue weighted by molar-refractivity contribution is 5.70. The van der Waals surface area contributed by atoms with Crippen molar-refractivity contribution in [3.8, 4) is 17.0 Å². The zero-order valence-electron chi connectivity index (χ0n) is 15.1. The number of hydrogen-bond acceptors (Lipinski definition) is 6. The van der Waals surface area contributed by atoms with Gasteiger partial charge in [-0.15, -0.1) is 10.2 Å². The summed E-state index contributed by atoms with van der Waals surface area (Å²) in [5.74, 6) is 1.11. The van der Waals surface area contributed by atoms with Gasteiger partial charge in [0.1, 0.15) is 24.0 Å². The van der Waals surface area contributed by atoms with Gasteiger partial charge >= 0.3 is 0 Å². The van der Waals surface area contributed by atoms with Gasteiger partial charge in [-0.3, -0.25) is 9.38 Å². The van der Waals surface area contributed by atoms with Crippen LogP contribution in [0.3, 0.4) is 0 Å². The molecule has 1 N–H and O–H groups in total. The van der Waals surface area contributed by atoms with Gasteiger partial charge < -0.3 is 10.1 Å². The fourth-order valence-electron chi connectivity index (χ4n) is 3.51. The third-order valence-electron chi connectivity index (χ3n) is 4.88. The topological polar surface area (TPSA) is 77.2 Å². The molecule has 1 aliphatic rings. The van der Waals surface area contributed by atoms with Crippen LogP contribution in [0.25, 0.3) is 16.9 Å². The highest BCUT2D eigenvalue weighted by atomic mass is 19.1. The van der Waals surface area contributed by atoms with Crippen molar-refractivity contribution in [2.75, 3.05) is 11.9 Å². The van der Waals surface area contributed by atoms with E-state index >= 15 is 0 Å². The molecule has 0 radical (unpaired) electrons. The summed E-state index contributed by atoms with van der Waals surface area (Å²) in [5.41, 5.74) is 4.26. The summed E-state index contributed by atoms with van der Waals surface area (Å²) in [6, 6.07) is 8.49. The van der Waals surface area contributed by atoms with Crippen LogP contribution in [0.1, 0.15) is 11.3 Å². The lowest BCUT2D eigenvalue weighted by Gasteiger charge is -2.14. The molecule has 4 heterocycles. The molecular formula is C20H17FN6O. The highest BCUT2D eigenvalue weighted by Crippen LogP contribution is 2.30. The minimum Gasteiger partial charge on any atom is -0.488 e. The molecule has 5 rings (SSSR count). The molecule has 140 valence electrons. The lowest BCUT2D eigenvalue weighted by atomic mass is 10.1. The number of pyridine rings is 1. The summed E-state index contributed by atoms with van der Waals surface area (Å²) in [6.45, 7) is 2.48. The SMILES string of the molecule is Cc1ncccc1-c1cnc(NCC2Cc3cc(F)ccc3O2)c2nncn12. The molecule has 0 bridgehead atoms. The number of hydrogen-bond donors (Lipinski definition) is 1. The molecule has 4 aromatic rings. The lowest BCUT2D eigenvalue weighted by molar-refractivity contribution is 0.246. The lowest BCUT2D eigenvalue weighted by Crippen LogP contribution is -2.24. The van der Waals surface area contributed by atoms with Gasteiger partial charge in [-0.1, -0.05) is 0 Å². The molecule has 28 heavy (non-hydrogen) atoms. The van der Waals surface area contributed by atoms with Gasteiger partial charge in [0, 0.05) is 29.4 Å². The highest BCUT2D eigenvalue weighted by Gasteiger charge is 2.23. The van der Waals surface area contributed by atoms with Crippen molar-refractivity contribution in [1.29, 1.82) is 0 Å². The van der Waals surface area contributed by atoms with E-state index in [0.29, 0.717) is 24.4 Å². The second kappa shape index (κ2) is 6.56. The number of anilines is 1. The summed E-state index contributed by atoms with van der Waals surface area (Å²) in [5, 5.41) is 11.5. The van der Waals surface area contributed by atoms with Crippen molar-refractivity contribution in [3.63, 3.8) is 0 Å². The molecule has 0 spiro atoms. The molecule has 0 amide bonds. The zero-order chi connectivity index (χ0) is 19.1. The number of fused-ring (bicyclic) bond motifs is 2. The first-order valence-corrected chi connectivity index (χ1v) is 8.99. The smallest absolute Gasteiger partial charge is 0.203 e. The number of aryl methyl sites for hydroxylation is 1. The third kappa shape index (κ3) is 2.83. The van der Waals surface area contributed by atoms with Gasteiger partial charge in [0.2, 0.25) is 5.65 Å². The maximum absolute atomic E-state index is 13.4. The Kier molecular flexibility index (Phi) is 3.89. The van der Waals surface area contributed by atoms with Crippen LogP contribution in [0.5, 0.6) is 5.75 Å². The number of aromatic nitrogens is 5. The molecule has 3 aromatic heterocycles. The van der Waals surface area contributed by atoms with Gasteiger partial charge in [-0.2, -0.15) is 0 Å². The van der Waals surface area contributed by atoms with Crippen LogP contribution in [-0.4, -0.2) is 37.2 Å². The van der Waals surface area contributed by atoms with Crippen molar-refractivity contribution in [2.24, 2.45) is 0 Å². The van der Waals surface area contributed by atoms with Crippen LogP contribution in [0.15, 0.2) is 49.1 Å². The zero-order valence-corrected chi connectivity index (χ0v) is 15.1. The van der Waals surface area contributed by atoms with Gasteiger partial charge in [-0.05, 0) is 37.3 Å². The summed E-state index contributed by atoms with van der Waals surface area (Å²) >= 11 is 0. The molecule has 0 fully saturated rings. The second-order valence-corrected chi connectivity index (χ2v) is 6.73. The Balaban J connectivity index is 1.39. The molecule has 0 saturated heterocycles. The molecule has 0 saturated carbocycles. The van der Waals surface area contributed by atoms with Crippen LogP contribution < -0.4 is 10.1 Å². The van der Waals surface area contributed by atoms with E-state index < -0.39 is 0 Å². The van der Waals surface area contributed by atoms with Crippen LogP contribution in [-0.2, 0) is 6.42 Å². The summed E-state index contributed by atoms with van der Waals surface area (Å²) in [6.07, 6.45) is 5.76. The van der Waals surface area contributed by atoms with E-state index in [1.807, 2.05) is 23.5 Å². The summed E-state index contributed by atoms with van der Waals surface area (Å²) < 4.78 is 21.1. The van der Waals surface area contributed by atoms with Crippen molar-refractivity contribution < 1.29 is 9.13 Å². The van der Waals surface area contributed by atoms with E-state index in [4.69, 9.17) is 4.74 Å². The van der Waals surface area contributed by atoms with Gasteiger partial charge in [-0.25, -0.2) is 9.37 Å². The number of ether oxygens (including phenoxy) is 1. The molecule has 1 aliphatic heterocycles. The first-order chi connectivity index (χ1) is 13.7. The molecule has 7 nitrogen and oxygen atoms in total. The average molecular weight is 376 g/mol. The molecule has 1 unspecified atom stereocenters. The fraction of sp³-hybridized carbons (Fsp3) is 0.200. The Morgan fingerprint density at radius 3 is 3.11 bits per heavy atom. The van der Waals surface area contributed by atoms with Crippen LogP contribution >= 0.6 is 0 Å². The average Bonchev–Trinajstić information content (AvgIpc) is 3.33. The van der Waals surface area contributed by atoms with Gasteiger partial charge in [0.25, 0.3) is 0 Å². The number of benzene rings is 1. The number of rotatable bonds is 4. The maximum atomic E-state index is 13.4. The van der Waals surface area contributed by atoms with Crippen LogP contribution in [0, 0.1) is 12.7 Å². The number of halogens is 1. The van der Waals surface area contributed by atoms with E-state index in [-0.39, 0.29) is 11.9 Å². The molecule has 1 atom stereocenters. The minimum absolute atomic E-state index is 0.0955. The van der Waals surface area contributed by atoms with E-state index in [1.165, 1.54) is 12.1 Å². The predicted octanol–water partition coefficient (Wildman–Crippen LogP) is 3.05. The predicted molar refractivity (Wildman–Crippen MR) is 102 cm³/mol. The second-order valence-electron chi connectivity index (χ2n) is 6.73. The van der Waals surface area contributed by atoms with Crippen molar-refractivity contribution in [2.45, 2.75) is 19.4 Å². The Morgan fingerprint density at radius 2 is 2.21 bits per heavy atom. The molecule has 0 aliphatic carbocycles. The third-order valence-corrected chi connectivity index (χ3v) is 4.88. The Labute approximate surface area is 160 Å². The van der Waals surface area contributed by atoms with Gasteiger partial charge in [0.05, 0.1) is 18.4 Å². The van der Waals surface area contributed by atoms with E-state index in [1.54, 1.807) is 24.8 Å². The van der Waals surface area contributed by atoms with E-state index in [0.717, 1.165) is 28.3 Å². The number of nitrogens with zero attached hydrogens (tertiary/aromatic N) is 5. The largest absolute Gasteiger partial charge is 0.488 e. The van der Waals surface area contributed by atoms with Gasteiger partial charge in [0.15, 0.2) is 5.82 Å². The Morgan fingerprint density at radius 1 is 1.29 bits per heavy atom. The number of nitrogens with one attached hydrogen (secondary N) is 1. The van der Waals surface area contributed by atoms with Crippen molar-refractivity contribution in [3.05, 3.63) is 66.1 Å². The maximum Gasteiger partial charge on any atom is 0.203 e. The first kappa shape index (κ1) is 16.6. The summed E-state index contributed by atoms with van der Waals surface area (Å²) in [4.78, 5) is 8.89. The molecular weight excluding hydrogens is 359 g/mol. The monoisotopic (exact) mass is 376 g/mol. The van der Waals surface area contributed by atoms with Crippen molar-refractivity contribution in [1.82, 2.24) is 24.6 Å². The fourth-order valence-corrected chi connectivity index (χ4v) is 3.51. The Bertz CT molecular complexity index is 1170. The molecule has 1 aromatic carbocycles. The quantitative estimate of drug-likeness (QED) is 0.590.